The van der Waals surface area contributed by atoms with Crippen molar-refractivity contribution in [2.45, 2.75) is 18.3 Å². The number of nitrogens with one attached hydrogen (secondary N) is 1. The van der Waals surface area contributed by atoms with Crippen LogP contribution in [-0.2, 0) is 10.8 Å². The molecule has 0 radical (unpaired) electrons. The van der Waals surface area contributed by atoms with Crippen LogP contribution < -0.4 is 5.32 Å². The maximum Gasteiger partial charge on any atom is 0.133 e. The maximum atomic E-state index is 11.0. The van der Waals surface area contributed by atoms with Crippen molar-refractivity contribution in [3.8, 4) is 0 Å². The summed E-state index contributed by atoms with van der Waals surface area (Å²) < 4.78 is 16.1. The fraction of sp³-hybridized carbons (Fsp3) is 0.600. The Labute approximate surface area is 92.1 Å². The lowest BCUT2D eigenvalue weighted by Crippen LogP contribution is -2.30. The molecule has 0 spiro atoms. The van der Waals surface area contributed by atoms with Crippen LogP contribution in [0.4, 0.5) is 0 Å². The fourth-order valence-corrected chi connectivity index (χ4v) is 1.47. The Bertz CT molecular complexity index is 300. The van der Waals surface area contributed by atoms with Gasteiger partial charge in [0.05, 0.1) is 6.26 Å². The van der Waals surface area contributed by atoms with Crippen LogP contribution in [0.1, 0.15) is 18.8 Å². The predicted octanol–water partition coefficient (Wildman–Crippen LogP) is 0.670. The van der Waals surface area contributed by atoms with Crippen molar-refractivity contribution >= 4 is 10.8 Å². The summed E-state index contributed by atoms with van der Waals surface area (Å²) in [6.07, 6.45) is 2.56. The van der Waals surface area contributed by atoms with Crippen LogP contribution in [0.5, 0.6) is 0 Å². The van der Waals surface area contributed by atoms with Gasteiger partial charge < -0.3 is 14.8 Å². The van der Waals surface area contributed by atoms with Crippen LogP contribution in [0.15, 0.2) is 22.8 Å². The highest BCUT2D eigenvalue weighted by molar-refractivity contribution is 7.84. The molecule has 0 aliphatic carbocycles. The summed E-state index contributed by atoms with van der Waals surface area (Å²) in [7, 11) is -0.829. The number of aliphatic hydroxyl groups is 1. The molecule has 0 saturated carbocycles. The van der Waals surface area contributed by atoms with Gasteiger partial charge in [-0.25, -0.2) is 0 Å². The van der Waals surface area contributed by atoms with Gasteiger partial charge in [0.25, 0.3) is 0 Å². The third kappa shape index (κ3) is 4.15. The van der Waals surface area contributed by atoms with Crippen molar-refractivity contribution in [3.05, 3.63) is 24.2 Å². The molecule has 0 aliphatic rings. The van der Waals surface area contributed by atoms with Gasteiger partial charge in [-0.3, -0.25) is 4.21 Å². The van der Waals surface area contributed by atoms with Crippen LogP contribution in [0.3, 0.4) is 0 Å². The van der Waals surface area contributed by atoms with Gasteiger partial charge in [0.1, 0.15) is 11.9 Å². The lowest BCUT2D eigenvalue weighted by Gasteiger charge is -2.12. The Morgan fingerprint density at radius 3 is 2.87 bits per heavy atom. The van der Waals surface area contributed by atoms with E-state index in [-0.39, 0.29) is 5.25 Å². The summed E-state index contributed by atoms with van der Waals surface area (Å²) in [4.78, 5) is 0. The molecule has 0 fully saturated rings. The first-order chi connectivity index (χ1) is 7.11. The zero-order valence-corrected chi connectivity index (χ0v) is 9.79. The molecule has 1 rings (SSSR count). The molecule has 2 N–H and O–H groups in total. The first-order valence-electron chi connectivity index (χ1n) is 4.85. The van der Waals surface area contributed by atoms with Crippen LogP contribution in [-0.4, -0.2) is 33.9 Å². The second kappa shape index (κ2) is 6.05. The van der Waals surface area contributed by atoms with E-state index >= 15 is 0 Å². The molecule has 1 heterocycles. The largest absolute Gasteiger partial charge is 0.467 e. The zero-order chi connectivity index (χ0) is 11.3. The van der Waals surface area contributed by atoms with Gasteiger partial charge in [-0.05, 0) is 19.1 Å². The first-order valence-corrected chi connectivity index (χ1v) is 6.47. The number of rotatable bonds is 6. The van der Waals surface area contributed by atoms with Crippen molar-refractivity contribution in [3.63, 3.8) is 0 Å². The highest BCUT2D eigenvalue weighted by atomic mass is 32.2. The smallest absolute Gasteiger partial charge is 0.133 e. The Morgan fingerprint density at radius 2 is 2.33 bits per heavy atom. The molecule has 0 amide bonds. The van der Waals surface area contributed by atoms with Crippen molar-refractivity contribution in [2.24, 2.45) is 0 Å². The average Bonchev–Trinajstić information content (AvgIpc) is 2.70. The average molecular weight is 231 g/mol. The molecule has 0 saturated heterocycles. The Kier molecular flexibility index (Phi) is 5.01. The number of hydrogen-bond donors (Lipinski definition) is 2. The van der Waals surface area contributed by atoms with Gasteiger partial charge in [-0.2, -0.15) is 0 Å². The molecule has 0 bridgehead atoms. The number of furan rings is 1. The monoisotopic (exact) mass is 231 g/mol. The molecular weight excluding hydrogens is 214 g/mol. The number of aliphatic hydroxyl groups excluding tert-OH is 1. The van der Waals surface area contributed by atoms with Gasteiger partial charge in [0.15, 0.2) is 0 Å². The minimum Gasteiger partial charge on any atom is -0.467 e. The molecule has 1 aromatic rings. The summed E-state index contributed by atoms with van der Waals surface area (Å²) in [5.41, 5.74) is 0. The normalized spacial score (nSPS) is 17.3. The van der Waals surface area contributed by atoms with Crippen LogP contribution in [0.25, 0.3) is 0 Å². The second-order valence-corrected chi connectivity index (χ2v) is 5.30. The van der Waals surface area contributed by atoms with E-state index in [4.69, 9.17) is 4.42 Å². The molecule has 5 heteroatoms. The topological polar surface area (TPSA) is 62.5 Å². The van der Waals surface area contributed by atoms with Gasteiger partial charge in [-0.1, -0.05) is 0 Å². The Hall–Kier alpha value is -0.650. The van der Waals surface area contributed by atoms with Crippen molar-refractivity contribution < 1.29 is 13.7 Å². The Morgan fingerprint density at radius 1 is 1.60 bits per heavy atom. The quantitative estimate of drug-likeness (QED) is 0.755. The van der Waals surface area contributed by atoms with Crippen LogP contribution >= 0.6 is 0 Å². The van der Waals surface area contributed by atoms with Gasteiger partial charge in [0.2, 0.25) is 0 Å². The standard InChI is InChI=1S/C10H17NO3S/c1-8(15(2)13)6-11-7-9(12)10-4-3-5-14-10/h3-5,8-9,11-12H,6-7H2,1-2H3. The molecular formula is C10H17NO3S. The summed E-state index contributed by atoms with van der Waals surface area (Å²) in [5, 5.41) is 12.8. The van der Waals surface area contributed by atoms with E-state index in [0.717, 1.165) is 0 Å². The molecule has 86 valence electrons. The van der Waals surface area contributed by atoms with Crippen LogP contribution in [0.2, 0.25) is 0 Å². The van der Waals surface area contributed by atoms with E-state index in [1.165, 1.54) is 6.26 Å². The molecule has 1 aromatic heterocycles. The van der Waals surface area contributed by atoms with E-state index in [1.54, 1.807) is 18.4 Å². The second-order valence-electron chi connectivity index (χ2n) is 3.50. The molecule has 3 unspecified atom stereocenters. The number of hydrogen-bond acceptors (Lipinski definition) is 4. The zero-order valence-electron chi connectivity index (χ0n) is 8.97. The van der Waals surface area contributed by atoms with E-state index in [2.05, 4.69) is 5.32 Å². The lowest BCUT2D eigenvalue weighted by molar-refractivity contribution is 0.148. The maximum absolute atomic E-state index is 11.0. The third-order valence-electron chi connectivity index (χ3n) is 2.21. The predicted molar refractivity (Wildman–Crippen MR) is 60.1 cm³/mol. The summed E-state index contributed by atoms with van der Waals surface area (Å²) >= 11 is 0. The molecule has 0 aromatic carbocycles. The van der Waals surface area contributed by atoms with Crippen molar-refractivity contribution in [2.75, 3.05) is 19.3 Å². The third-order valence-corrected chi connectivity index (χ3v) is 3.51. The molecule has 15 heavy (non-hydrogen) atoms. The summed E-state index contributed by atoms with van der Waals surface area (Å²) in [6, 6.07) is 3.47. The van der Waals surface area contributed by atoms with Gasteiger partial charge in [-0.15, -0.1) is 0 Å². The fourth-order valence-electron chi connectivity index (χ4n) is 1.12. The summed E-state index contributed by atoms with van der Waals surface area (Å²) in [6.45, 7) is 2.94. The van der Waals surface area contributed by atoms with Gasteiger partial charge >= 0.3 is 0 Å². The molecule has 0 aliphatic heterocycles. The van der Waals surface area contributed by atoms with E-state index in [1.807, 2.05) is 6.92 Å². The molecule has 4 nitrogen and oxygen atoms in total. The lowest BCUT2D eigenvalue weighted by atomic mass is 10.2. The minimum absolute atomic E-state index is 0.0915. The van der Waals surface area contributed by atoms with Crippen molar-refractivity contribution in [1.82, 2.24) is 5.32 Å². The Balaban J connectivity index is 2.23. The van der Waals surface area contributed by atoms with E-state index in [9.17, 15) is 9.32 Å². The van der Waals surface area contributed by atoms with Crippen LogP contribution in [0, 0.1) is 0 Å². The van der Waals surface area contributed by atoms with Crippen molar-refractivity contribution in [1.29, 1.82) is 0 Å². The highest BCUT2D eigenvalue weighted by Gasteiger charge is 2.11. The SMILES string of the molecule is CC(CNCC(O)c1ccco1)S(C)=O. The highest BCUT2D eigenvalue weighted by Crippen LogP contribution is 2.11. The first kappa shape index (κ1) is 12.4. The summed E-state index contributed by atoms with van der Waals surface area (Å²) in [5.74, 6) is 0.549. The van der Waals surface area contributed by atoms with E-state index in [0.29, 0.717) is 18.8 Å². The molecule has 3 atom stereocenters. The van der Waals surface area contributed by atoms with Gasteiger partial charge in [0, 0.05) is 35.4 Å². The van der Waals surface area contributed by atoms with E-state index < -0.39 is 16.9 Å². The minimum atomic E-state index is -0.829.